The van der Waals surface area contributed by atoms with E-state index < -0.39 is 23.1 Å². The third kappa shape index (κ3) is 1.82. The van der Waals surface area contributed by atoms with Gasteiger partial charge in [0.05, 0.1) is 0 Å². The average molecular weight is 263 g/mol. The van der Waals surface area contributed by atoms with Crippen LogP contribution in [0.2, 0.25) is 0 Å². The van der Waals surface area contributed by atoms with Crippen molar-refractivity contribution in [1.82, 2.24) is 4.98 Å². The summed E-state index contributed by atoms with van der Waals surface area (Å²) >= 11 is 3.02. The molecule has 74 valence electrons. The molecule has 0 aliphatic carbocycles. The molecule has 0 spiro atoms. The number of pyridine rings is 1. The zero-order valence-electron chi connectivity index (χ0n) is 6.85. The minimum absolute atomic E-state index is 0.223. The van der Waals surface area contributed by atoms with Crippen LogP contribution >= 0.6 is 15.9 Å². The molecule has 14 heavy (non-hydrogen) atoms. The Morgan fingerprint density at radius 3 is 2.71 bits per heavy atom. The SMILES string of the molecule is N#Cc1c(C(F)F)[nH]cc(CBr)c1=O. The summed E-state index contributed by atoms with van der Waals surface area (Å²) < 4.78 is 24.6. The van der Waals surface area contributed by atoms with E-state index in [0.29, 0.717) is 0 Å². The number of aromatic nitrogens is 1. The summed E-state index contributed by atoms with van der Waals surface area (Å²) in [6.45, 7) is 0. The zero-order chi connectivity index (χ0) is 10.7. The van der Waals surface area contributed by atoms with Gasteiger partial charge in [0.1, 0.15) is 17.3 Å². The number of aromatic amines is 1. The molecular weight excluding hydrogens is 258 g/mol. The molecule has 0 aliphatic rings. The van der Waals surface area contributed by atoms with E-state index in [2.05, 4.69) is 20.9 Å². The minimum Gasteiger partial charge on any atom is -0.359 e. The van der Waals surface area contributed by atoms with Gasteiger partial charge in [-0.05, 0) is 0 Å². The molecule has 0 atom stereocenters. The van der Waals surface area contributed by atoms with E-state index in [1.807, 2.05) is 0 Å². The molecule has 0 saturated heterocycles. The third-order valence-electron chi connectivity index (χ3n) is 1.66. The molecule has 1 N–H and O–H groups in total. The van der Waals surface area contributed by atoms with E-state index in [-0.39, 0.29) is 10.9 Å². The second-order valence-electron chi connectivity index (χ2n) is 2.48. The minimum atomic E-state index is -2.85. The van der Waals surface area contributed by atoms with Crippen LogP contribution in [0.3, 0.4) is 0 Å². The molecule has 0 aliphatic heterocycles. The van der Waals surface area contributed by atoms with Crippen LogP contribution in [-0.4, -0.2) is 4.98 Å². The largest absolute Gasteiger partial charge is 0.359 e. The number of hydrogen-bond donors (Lipinski definition) is 1. The standard InChI is InChI=1S/C8H5BrF2N2O/c9-1-4-3-13-6(8(10)11)5(2-12)7(4)14/h3,8H,1H2,(H,13,14). The second-order valence-corrected chi connectivity index (χ2v) is 3.04. The predicted octanol–water partition coefficient (Wildman–Crippen LogP) is 2.08. The molecule has 6 heteroatoms. The van der Waals surface area contributed by atoms with E-state index in [0.717, 1.165) is 0 Å². The van der Waals surface area contributed by atoms with Crippen LogP contribution in [0.25, 0.3) is 0 Å². The lowest BCUT2D eigenvalue weighted by Crippen LogP contribution is -2.15. The Hall–Kier alpha value is -1.22. The number of alkyl halides is 3. The first-order valence-electron chi connectivity index (χ1n) is 3.60. The Morgan fingerprint density at radius 2 is 2.29 bits per heavy atom. The fourth-order valence-corrected chi connectivity index (χ4v) is 1.38. The van der Waals surface area contributed by atoms with Gasteiger partial charge in [0, 0.05) is 17.1 Å². The molecule has 1 heterocycles. The van der Waals surface area contributed by atoms with Gasteiger partial charge < -0.3 is 4.98 Å². The van der Waals surface area contributed by atoms with Crippen LogP contribution in [-0.2, 0) is 5.33 Å². The highest BCUT2D eigenvalue weighted by Crippen LogP contribution is 2.18. The van der Waals surface area contributed by atoms with Gasteiger partial charge in [-0.15, -0.1) is 0 Å². The van der Waals surface area contributed by atoms with Crippen molar-refractivity contribution >= 4 is 15.9 Å². The van der Waals surface area contributed by atoms with Crippen LogP contribution in [0.15, 0.2) is 11.0 Å². The lowest BCUT2D eigenvalue weighted by atomic mass is 10.1. The van der Waals surface area contributed by atoms with Gasteiger partial charge >= 0.3 is 0 Å². The normalized spacial score (nSPS) is 10.2. The van der Waals surface area contributed by atoms with Crippen LogP contribution < -0.4 is 5.43 Å². The second kappa shape index (κ2) is 4.33. The number of hydrogen-bond acceptors (Lipinski definition) is 2. The highest BCUT2D eigenvalue weighted by molar-refractivity contribution is 9.08. The van der Waals surface area contributed by atoms with Crippen molar-refractivity contribution in [3.05, 3.63) is 33.2 Å². The van der Waals surface area contributed by atoms with Gasteiger partial charge in [0.25, 0.3) is 6.43 Å². The van der Waals surface area contributed by atoms with Gasteiger partial charge in [0.2, 0.25) is 5.43 Å². The maximum atomic E-state index is 12.3. The quantitative estimate of drug-likeness (QED) is 0.830. The van der Waals surface area contributed by atoms with Crippen LogP contribution in [0, 0.1) is 11.3 Å². The third-order valence-corrected chi connectivity index (χ3v) is 2.27. The van der Waals surface area contributed by atoms with Gasteiger partial charge in [-0.25, -0.2) is 8.78 Å². The molecule has 0 amide bonds. The number of rotatable bonds is 2. The predicted molar refractivity (Wildman–Crippen MR) is 49.4 cm³/mol. The number of halogens is 3. The topological polar surface area (TPSA) is 56.6 Å². The molecular formula is C8H5BrF2N2O. The Balaban J connectivity index is 3.46. The molecule has 0 unspecified atom stereocenters. The van der Waals surface area contributed by atoms with Gasteiger partial charge in [0.15, 0.2) is 0 Å². The first kappa shape index (κ1) is 10.9. The molecule has 0 radical (unpaired) electrons. The fraction of sp³-hybridized carbons (Fsp3) is 0.250. The smallest absolute Gasteiger partial charge is 0.279 e. The van der Waals surface area contributed by atoms with Crippen LogP contribution in [0.5, 0.6) is 0 Å². The summed E-state index contributed by atoms with van der Waals surface area (Å²) in [4.78, 5) is 13.6. The van der Waals surface area contributed by atoms with Crippen molar-refractivity contribution in [2.75, 3.05) is 0 Å². The zero-order valence-corrected chi connectivity index (χ0v) is 8.44. The number of H-pyrrole nitrogens is 1. The lowest BCUT2D eigenvalue weighted by Gasteiger charge is -2.03. The monoisotopic (exact) mass is 262 g/mol. The summed E-state index contributed by atoms with van der Waals surface area (Å²) in [6.07, 6.45) is -1.67. The summed E-state index contributed by atoms with van der Waals surface area (Å²) in [7, 11) is 0. The van der Waals surface area contributed by atoms with Gasteiger partial charge in [-0.3, -0.25) is 4.79 Å². The molecule has 1 aromatic heterocycles. The molecule has 0 fully saturated rings. The molecule has 3 nitrogen and oxygen atoms in total. The fourth-order valence-electron chi connectivity index (χ4n) is 0.968. The maximum Gasteiger partial charge on any atom is 0.279 e. The number of nitrogens with one attached hydrogen (secondary N) is 1. The number of nitriles is 1. The first-order chi connectivity index (χ1) is 6.61. The summed E-state index contributed by atoms with van der Waals surface area (Å²) in [5.41, 5.74) is -1.54. The molecule has 0 aromatic carbocycles. The van der Waals surface area contributed by atoms with Crippen molar-refractivity contribution in [3.8, 4) is 6.07 Å². The van der Waals surface area contributed by atoms with Crippen molar-refractivity contribution in [2.24, 2.45) is 0 Å². The van der Waals surface area contributed by atoms with Crippen molar-refractivity contribution < 1.29 is 8.78 Å². The Labute approximate surface area is 86.5 Å². The van der Waals surface area contributed by atoms with E-state index in [9.17, 15) is 13.6 Å². The molecule has 1 rings (SSSR count). The highest BCUT2D eigenvalue weighted by Gasteiger charge is 2.17. The van der Waals surface area contributed by atoms with E-state index in [1.165, 1.54) is 12.3 Å². The van der Waals surface area contributed by atoms with Gasteiger partial charge in [-0.2, -0.15) is 5.26 Å². The Kier molecular flexibility index (Phi) is 3.36. The van der Waals surface area contributed by atoms with Crippen molar-refractivity contribution in [3.63, 3.8) is 0 Å². The Bertz CT molecular complexity index is 436. The molecule has 0 bridgehead atoms. The molecule has 1 aromatic rings. The van der Waals surface area contributed by atoms with Crippen LogP contribution in [0.1, 0.15) is 23.2 Å². The van der Waals surface area contributed by atoms with Crippen LogP contribution in [0.4, 0.5) is 8.78 Å². The van der Waals surface area contributed by atoms with E-state index >= 15 is 0 Å². The van der Waals surface area contributed by atoms with Crippen molar-refractivity contribution in [2.45, 2.75) is 11.8 Å². The molecule has 0 saturated carbocycles. The lowest BCUT2D eigenvalue weighted by molar-refractivity contribution is 0.145. The van der Waals surface area contributed by atoms with E-state index in [4.69, 9.17) is 5.26 Å². The maximum absolute atomic E-state index is 12.3. The summed E-state index contributed by atoms with van der Waals surface area (Å²) in [5, 5.41) is 8.77. The highest BCUT2D eigenvalue weighted by atomic mass is 79.9. The summed E-state index contributed by atoms with van der Waals surface area (Å²) in [6, 6.07) is 1.48. The van der Waals surface area contributed by atoms with Gasteiger partial charge in [-0.1, -0.05) is 15.9 Å². The first-order valence-corrected chi connectivity index (χ1v) is 4.72. The average Bonchev–Trinajstić information content (AvgIpc) is 2.17. The summed E-state index contributed by atoms with van der Waals surface area (Å²) in [5.74, 6) is 0. The Morgan fingerprint density at radius 1 is 1.64 bits per heavy atom. The number of nitrogens with zero attached hydrogens (tertiary/aromatic N) is 1. The van der Waals surface area contributed by atoms with Crippen molar-refractivity contribution in [1.29, 1.82) is 5.26 Å². The van der Waals surface area contributed by atoms with E-state index in [1.54, 1.807) is 0 Å².